The summed E-state index contributed by atoms with van der Waals surface area (Å²) >= 11 is 0. The van der Waals surface area contributed by atoms with Gasteiger partial charge in [0.2, 0.25) is 6.54 Å². The maximum absolute atomic E-state index is 11.4. The largest absolute Gasteiger partial charge is 0.460 e. The highest BCUT2D eigenvalue weighted by Gasteiger charge is 2.27. The fraction of sp³-hybridized carbons (Fsp3) is 0.889. The molecule has 0 bridgehead atoms. The number of ether oxygens (including phenoxy) is 1. The molecule has 1 atom stereocenters. The number of carbonyl (C=O) groups is 1. The smallest absolute Gasteiger partial charge is 0.316 e. The number of nitrogens with zero attached hydrogens (tertiary/aromatic N) is 1. The van der Waals surface area contributed by atoms with Crippen molar-refractivity contribution in [1.82, 2.24) is 0 Å². The van der Waals surface area contributed by atoms with Gasteiger partial charge in [-0.3, -0.25) is 14.9 Å². The Labute approximate surface area is 83.6 Å². The molecule has 5 heteroatoms. The summed E-state index contributed by atoms with van der Waals surface area (Å²) in [5.41, 5.74) is -0.582. The van der Waals surface area contributed by atoms with Gasteiger partial charge in [-0.1, -0.05) is 6.92 Å². The third-order valence-electron chi connectivity index (χ3n) is 1.60. The van der Waals surface area contributed by atoms with Gasteiger partial charge in [-0.05, 0) is 27.2 Å². The highest BCUT2D eigenvalue weighted by atomic mass is 16.6. The van der Waals surface area contributed by atoms with Crippen molar-refractivity contribution >= 4 is 5.97 Å². The quantitative estimate of drug-likeness (QED) is 0.395. The predicted molar refractivity (Wildman–Crippen MR) is 51.5 cm³/mol. The van der Waals surface area contributed by atoms with Crippen LogP contribution >= 0.6 is 0 Å². The van der Waals surface area contributed by atoms with Gasteiger partial charge in [-0.2, -0.15) is 0 Å². The van der Waals surface area contributed by atoms with Crippen LogP contribution in [-0.2, 0) is 9.53 Å². The first-order chi connectivity index (χ1) is 6.26. The summed E-state index contributed by atoms with van der Waals surface area (Å²) in [7, 11) is 0. The summed E-state index contributed by atoms with van der Waals surface area (Å²) in [6.45, 7) is 6.60. The SMILES string of the molecule is CC[C@@H](C[N+](=O)[O-])C(=O)OC(C)(C)C. The number of hydrogen-bond donors (Lipinski definition) is 0. The minimum atomic E-state index is -0.635. The first-order valence-corrected chi connectivity index (χ1v) is 4.61. The Bertz CT molecular complexity index is 219. The van der Waals surface area contributed by atoms with Crippen molar-refractivity contribution in [1.29, 1.82) is 0 Å². The third-order valence-corrected chi connectivity index (χ3v) is 1.60. The van der Waals surface area contributed by atoms with Gasteiger partial charge in [0, 0.05) is 4.92 Å². The van der Waals surface area contributed by atoms with E-state index in [4.69, 9.17) is 4.74 Å². The molecule has 82 valence electrons. The molecule has 0 saturated heterocycles. The lowest BCUT2D eigenvalue weighted by molar-refractivity contribution is -0.486. The second-order valence-electron chi connectivity index (χ2n) is 4.15. The zero-order valence-corrected chi connectivity index (χ0v) is 9.07. The van der Waals surface area contributed by atoms with Crippen LogP contribution in [0.3, 0.4) is 0 Å². The van der Waals surface area contributed by atoms with Gasteiger partial charge in [-0.15, -0.1) is 0 Å². The van der Waals surface area contributed by atoms with E-state index in [1.807, 2.05) is 0 Å². The Morgan fingerprint density at radius 1 is 1.50 bits per heavy atom. The molecule has 0 aromatic rings. The van der Waals surface area contributed by atoms with Crippen molar-refractivity contribution in [3.8, 4) is 0 Å². The van der Waals surface area contributed by atoms with Crippen molar-refractivity contribution in [3.05, 3.63) is 10.1 Å². The lowest BCUT2D eigenvalue weighted by Crippen LogP contribution is -2.31. The number of hydrogen-bond acceptors (Lipinski definition) is 4. The molecule has 0 heterocycles. The Balaban J connectivity index is 4.25. The van der Waals surface area contributed by atoms with E-state index in [2.05, 4.69) is 0 Å². The molecule has 0 saturated carbocycles. The maximum Gasteiger partial charge on any atom is 0.316 e. The Morgan fingerprint density at radius 3 is 2.29 bits per heavy atom. The summed E-state index contributed by atoms with van der Waals surface area (Å²) in [4.78, 5) is 21.1. The molecule has 0 fully saturated rings. The van der Waals surface area contributed by atoms with Gasteiger partial charge in [0.15, 0.2) is 0 Å². The summed E-state index contributed by atoms with van der Waals surface area (Å²) in [5.74, 6) is -1.12. The molecule has 0 aromatic carbocycles. The molecule has 0 unspecified atom stereocenters. The molecule has 14 heavy (non-hydrogen) atoms. The highest BCUT2D eigenvalue weighted by Crippen LogP contribution is 2.13. The molecule has 0 N–H and O–H groups in total. The zero-order valence-electron chi connectivity index (χ0n) is 9.07. The van der Waals surface area contributed by atoms with E-state index in [0.717, 1.165) is 0 Å². The Morgan fingerprint density at radius 2 is 2.00 bits per heavy atom. The Kier molecular flexibility index (Phi) is 4.53. The van der Waals surface area contributed by atoms with Crippen LogP contribution in [0.15, 0.2) is 0 Å². The summed E-state index contributed by atoms with van der Waals surface area (Å²) in [6, 6.07) is 0. The zero-order chi connectivity index (χ0) is 11.4. The van der Waals surface area contributed by atoms with Crippen LogP contribution in [0.4, 0.5) is 0 Å². The molecule has 0 aliphatic heterocycles. The number of rotatable bonds is 4. The third kappa shape index (κ3) is 5.50. The van der Waals surface area contributed by atoms with E-state index in [9.17, 15) is 14.9 Å². The van der Waals surface area contributed by atoms with E-state index in [1.54, 1.807) is 27.7 Å². The fourth-order valence-corrected chi connectivity index (χ4v) is 0.935. The standard InChI is InChI=1S/C9H17NO4/c1-5-7(6-10(12)13)8(11)14-9(2,3)4/h7H,5-6H2,1-4H3/t7-/m0/s1. The van der Waals surface area contributed by atoms with Crippen molar-refractivity contribution in [3.63, 3.8) is 0 Å². The first-order valence-electron chi connectivity index (χ1n) is 4.61. The van der Waals surface area contributed by atoms with Crippen LogP contribution in [0.5, 0.6) is 0 Å². The molecule has 0 amide bonds. The maximum atomic E-state index is 11.4. The number of esters is 1. The topological polar surface area (TPSA) is 69.4 Å². The van der Waals surface area contributed by atoms with Crippen LogP contribution in [0.1, 0.15) is 34.1 Å². The molecular weight excluding hydrogens is 186 g/mol. The average molecular weight is 203 g/mol. The van der Waals surface area contributed by atoms with Crippen LogP contribution in [-0.4, -0.2) is 23.0 Å². The van der Waals surface area contributed by atoms with E-state index < -0.39 is 22.4 Å². The van der Waals surface area contributed by atoms with Gasteiger partial charge < -0.3 is 4.74 Å². The molecule has 0 radical (unpaired) electrons. The minimum Gasteiger partial charge on any atom is -0.460 e. The fourth-order valence-electron chi connectivity index (χ4n) is 0.935. The molecule has 0 aromatic heterocycles. The number of carbonyl (C=O) groups excluding carboxylic acids is 1. The van der Waals surface area contributed by atoms with Crippen LogP contribution in [0.25, 0.3) is 0 Å². The van der Waals surface area contributed by atoms with E-state index in [1.165, 1.54) is 0 Å². The van der Waals surface area contributed by atoms with Crippen LogP contribution in [0.2, 0.25) is 0 Å². The molecule has 0 rings (SSSR count). The molecule has 0 aliphatic carbocycles. The normalized spacial score (nSPS) is 13.4. The summed E-state index contributed by atoms with van der Waals surface area (Å²) < 4.78 is 5.05. The molecule has 0 spiro atoms. The molecular formula is C9H17NO4. The Hall–Kier alpha value is -1.13. The molecule has 0 aliphatic rings. The van der Waals surface area contributed by atoms with Gasteiger partial charge in [0.05, 0.1) is 0 Å². The summed E-state index contributed by atoms with van der Waals surface area (Å²) in [5, 5.41) is 10.2. The van der Waals surface area contributed by atoms with Crippen molar-refractivity contribution in [2.24, 2.45) is 5.92 Å². The number of nitro groups is 1. The minimum absolute atomic E-state index is 0.356. The van der Waals surface area contributed by atoms with Gasteiger partial charge in [0.1, 0.15) is 11.5 Å². The summed E-state index contributed by atoms with van der Waals surface area (Å²) in [6.07, 6.45) is 0.426. The monoisotopic (exact) mass is 203 g/mol. The van der Waals surface area contributed by atoms with E-state index in [0.29, 0.717) is 6.42 Å². The lowest BCUT2D eigenvalue weighted by Gasteiger charge is -2.21. The van der Waals surface area contributed by atoms with E-state index in [-0.39, 0.29) is 6.54 Å². The highest BCUT2D eigenvalue weighted by molar-refractivity contribution is 5.72. The predicted octanol–water partition coefficient (Wildman–Crippen LogP) is 1.63. The van der Waals surface area contributed by atoms with Gasteiger partial charge >= 0.3 is 5.97 Å². The first kappa shape index (κ1) is 12.9. The van der Waals surface area contributed by atoms with Gasteiger partial charge in [-0.25, -0.2) is 0 Å². The van der Waals surface area contributed by atoms with Crippen molar-refractivity contribution < 1.29 is 14.5 Å². The van der Waals surface area contributed by atoms with E-state index >= 15 is 0 Å². The second kappa shape index (κ2) is 4.93. The second-order valence-corrected chi connectivity index (χ2v) is 4.15. The van der Waals surface area contributed by atoms with Crippen molar-refractivity contribution in [2.75, 3.05) is 6.54 Å². The van der Waals surface area contributed by atoms with Crippen molar-refractivity contribution in [2.45, 2.75) is 39.7 Å². The van der Waals surface area contributed by atoms with Crippen LogP contribution in [0, 0.1) is 16.0 Å². The van der Waals surface area contributed by atoms with Gasteiger partial charge in [0.25, 0.3) is 0 Å². The molecule has 5 nitrogen and oxygen atoms in total. The lowest BCUT2D eigenvalue weighted by atomic mass is 10.1. The average Bonchev–Trinajstić information content (AvgIpc) is 1.96. The van der Waals surface area contributed by atoms with Crippen LogP contribution < -0.4 is 0 Å².